The van der Waals surface area contributed by atoms with Gasteiger partial charge < -0.3 is 20.3 Å². The fourth-order valence-corrected chi connectivity index (χ4v) is 3.62. The molecule has 1 fully saturated rings. The second-order valence-electron chi connectivity index (χ2n) is 8.05. The number of carbonyl (C=O) groups is 2. The predicted molar refractivity (Wildman–Crippen MR) is 132 cm³/mol. The SMILES string of the molecule is O=C(/C=C/c1ccc(OCc2ccccn2)cc1)NCc1cccc(NC(=O)N2CCCC2)c1. The lowest BCUT2D eigenvalue weighted by Crippen LogP contribution is -2.32. The average Bonchev–Trinajstić information content (AvgIpc) is 3.42. The number of hydrogen-bond acceptors (Lipinski definition) is 4. The summed E-state index contributed by atoms with van der Waals surface area (Å²) in [5, 5.41) is 5.80. The minimum absolute atomic E-state index is 0.0743. The third-order valence-corrected chi connectivity index (χ3v) is 5.46. The Balaban J connectivity index is 1.22. The van der Waals surface area contributed by atoms with Gasteiger partial charge in [-0.25, -0.2) is 4.79 Å². The number of hydrogen-bond donors (Lipinski definition) is 2. The summed E-state index contributed by atoms with van der Waals surface area (Å²) in [5.74, 6) is 0.547. The third-order valence-electron chi connectivity index (χ3n) is 5.46. The number of amides is 3. The van der Waals surface area contributed by atoms with E-state index >= 15 is 0 Å². The molecule has 2 heterocycles. The van der Waals surface area contributed by atoms with Crippen LogP contribution in [0.5, 0.6) is 5.75 Å². The molecule has 3 amide bonds. The molecule has 7 nitrogen and oxygen atoms in total. The van der Waals surface area contributed by atoms with Crippen molar-refractivity contribution in [1.29, 1.82) is 0 Å². The molecular weight excluding hydrogens is 428 g/mol. The Hall–Kier alpha value is -4.13. The number of ether oxygens (including phenoxy) is 1. The summed E-state index contributed by atoms with van der Waals surface area (Å²) in [5.41, 5.74) is 3.40. The van der Waals surface area contributed by atoms with Gasteiger partial charge in [-0.1, -0.05) is 30.3 Å². The summed E-state index contributed by atoms with van der Waals surface area (Å²) >= 11 is 0. The maximum Gasteiger partial charge on any atom is 0.321 e. The molecule has 0 aliphatic carbocycles. The molecule has 2 aromatic carbocycles. The number of rotatable bonds is 8. The quantitative estimate of drug-likeness (QED) is 0.485. The van der Waals surface area contributed by atoms with E-state index in [-0.39, 0.29) is 11.9 Å². The first-order chi connectivity index (χ1) is 16.7. The molecular formula is C27H28N4O3. The molecule has 0 unspecified atom stereocenters. The fraction of sp³-hybridized carbons (Fsp3) is 0.222. The van der Waals surface area contributed by atoms with E-state index in [1.54, 1.807) is 12.3 Å². The van der Waals surface area contributed by atoms with Gasteiger partial charge in [0, 0.05) is 37.6 Å². The monoisotopic (exact) mass is 456 g/mol. The van der Waals surface area contributed by atoms with Gasteiger partial charge in [0.05, 0.1) is 5.69 Å². The van der Waals surface area contributed by atoms with Crippen molar-refractivity contribution in [2.24, 2.45) is 0 Å². The first-order valence-corrected chi connectivity index (χ1v) is 11.4. The molecule has 174 valence electrons. The van der Waals surface area contributed by atoms with Gasteiger partial charge in [-0.2, -0.15) is 0 Å². The molecule has 3 aromatic rings. The van der Waals surface area contributed by atoms with Gasteiger partial charge in [0.2, 0.25) is 5.91 Å². The minimum Gasteiger partial charge on any atom is -0.487 e. The van der Waals surface area contributed by atoms with Crippen molar-refractivity contribution in [3.05, 3.63) is 95.8 Å². The lowest BCUT2D eigenvalue weighted by molar-refractivity contribution is -0.116. The van der Waals surface area contributed by atoms with Crippen LogP contribution in [0.15, 0.2) is 79.0 Å². The maximum absolute atomic E-state index is 12.3. The molecule has 1 aliphatic rings. The Morgan fingerprint density at radius 1 is 1.00 bits per heavy atom. The highest BCUT2D eigenvalue weighted by Crippen LogP contribution is 2.16. The normalized spacial score (nSPS) is 13.1. The van der Waals surface area contributed by atoms with Crippen LogP contribution in [0.1, 0.15) is 29.7 Å². The summed E-state index contributed by atoms with van der Waals surface area (Å²) in [6, 6.07) is 20.7. The Kier molecular flexibility index (Phi) is 7.90. The Morgan fingerprint density at radius 2 is 1.82 bits per heavy atom. The van der Waals surface area contributed by atoms with E-state index in [1.165, 1.54) is 6.08 Å². The summed E-state index contributed by atoms with van der Waals surface area (Å²) in [6.07, 6.45) is 7.10. The van der Waals surface area contributed by atoms with Crippen molar-refractivity contribution >= 4 is 23.7 Å². The molecule has 4 rings (SSSR count). The molecule has 7 heteroatoms. The van der Waals surface area contributed by atoms with E-state index in [0.717, 1.165) is 54.2 Å². The molecule has 0 spiro atoms. The Labute approximate surface area is 199 Å². The van der Waals surface area contributed by atoms with E-state index in [9.17, 15) is 9.59 Å². The largest absolute Gasteiger partial charge is 0.487 e. The van der Waals surface area contributed by atoms with E-state index < -0.39 is 0 Å². The third kappa shape index (κ3) is 6.93. The zero-order valence-corrected chi connectivity index (χ0v) is 18.9. The van der Waals surface area contributed by atoms with Gasteiger partial charge in [-0.15, -0.1) is 0 Å². The molecule has 1 aliphatic heterocycles. The maximum atomic E-state index is 12.3. The van der Waals surface area contributed by atoms with Crippen LogP contribution in [0.25, 0.3) is 6.08 Å². The van der Waals surface area contributed by atoms with Gasteiger partial charge in [-0.05, 0) is 66.4 Å². The number of nitrogens with zero attached hydrogens (tertiary/aromatic N) is 2. The number of pyridine rings is 1. The van der Waals surface area contributed by atoms with Gasteiger partial charge in [0.1, 0.15) is 12.4 Å². The Morgan fingerprint density at radius 3 is 2.59 bits per heavy atom. The number of urea groups is 1. The van der Waals surface area contributed by atoms with Crippen molar-refractivity contribution in [1.82, 2.24) is 15.2 Å². The second-order valence-corrected chi connectivity index (χ2v) is 8.05. The van der Waals surface area contributed by atoms with Gasteiger partial charge in [0.15, 0.2) is 0 Å². The summed E-state index contributed by atoms with van der Waals surface area (Å²) in [7, 11) is 0. The van der Waals surface area contributed by atoms with Crippen molar-refractivity contribution in [2.75, 3.05) is 18.4 Å². The topological polar surface area (TPSA) is 83.6 Å². The smallest absolute Gasteiger partial charge is 0.321 e. The molecule has 1 aromatic heterocycles. The zero-order chi connectivity index (χ0) is 23.6. The standard InChI is InChI=1S/C27H28N4O3/c32-26(14-11-21-9-12-25(13-10-21)34-20-24-7-1-2-15-28-24)29-19-22-6-5-8-23(18-22)30-27(33)31-16-3-4-17-31/h1-2,5-15,18H,3-4,16-17,19-20H2,(H,29,32)(H,30,33)/b14-11+. The van der Waals surface area contributed by atoms with Crippen LogP contribution >= 0.6 is 0 Å². The first kappa shape index (κ1) is 23.0. The van der Waals surface area contributed by atoms with Gasteiger partial charge in [0.25, 0.3) is 0 Å². The van der Waals surface area contributed by atoms with Crippen LogP contribution in [-0.4, -0.2) is 34.9 Å². The van der Waals surface area contributed by atoms with E-state index in [2.05, 4.69) is 15.6 Å². The van der Waals surface area contributed by atoms with Crippen LogP contribution in [0, 0.1) is 0 Å². The highest BCUT2D eigenvalue weighted by molar-refractivity contribution is 5.92. The van der Waals surface area contributed by atoms with Crippen LogP contribution in [0.2, 0.25) is 0 Å². The summed E-state index contributed by atoms with van der Waals surface area (Å²) in [6.45, 7) is 2.38. The number of benzene rings is 2. The molecule has 0 atom stereocenters. The number of nitrogens with one attached hydrogen (secondary N) is 2. The van der Waals surface area contributed by atoms with Gasteiger partial charge in [-0.3, -0.25) is 9.78 Å². The van der Waals surface area contributed by atoms with E-state index in [0.29, 0.717) is 13.2 Å². The lowest BCUT2D eigenvalue weighted by Gasteiger charge is -2.16. The summed E-state index contributed by atoms with van der Waals surface area (Å²) in [4.78, 5) is 30.6. The van der Waals surface area contributed by atoms with Crippen LogP contribution < -0.4 is 15.4 Å². The number of likely N-dealkylation sites (tertiary alicyclic amines) is 1. The highest BCUT2D eigenvalue weighted by Gasteiger charge is 2.17. The fourth-order valence-electron chi connectivity index (χ4n) is 3.62. The van der Waals surface area contributed by atoms with Crippen molar-refractivity contribution in [3.8, 4) is 5.75 Å². The van der Waals surface area contributed by atoms with Crippen molar-refractivity contribution in [3.63, 3.8) is 0 Å². The molecule has 0 radical (unpaired) electrons. The second kappa shape index (κ2) is 11.7. The van der Waals surface area contributed by atoms with Crippen molar-refractivity contribution < 1.29 is 14.3 Å². The molecule has 34 heavy (non-hydrogen) atoms. The van der Waals surface area contributed by atoms with Crippen molar-refractivity contribution in [2.45, 2.75) is 26.0 Å². The number of anilines is 1. The first-order valence-electron chi connectivity index (χ1n) is 11.4. The number of aromatic nitrogens is 1. The van der Waals surface area contributed by atoms with Crippen LogP contribution in [-0.2, 0) is 17.9 Å². The van der Waals surface area contributed by atoms with Crippen LogP contribution in [0.4, 0.5) is 10.5 Å². The van der Waals surface area contributed by atoms with Gasteiger partial charge >= 0.3 is 6.03 Å². The molecule has 1 saturated heterocycles. The predicted octanol–water partition coefficient (Wildman–Crippen LogP) is 4.62. The summed E-state index contributed by atoms with van der Waals surface area (Å²) < 4.78 is 5.73. The lowest BCUT2D eigenvalue weighted by atomic mass is 10.2. The van der Waals surface area contributed by atoms with E-state index in [4.69, 9.17) is 4.74 Å². The highest BCUT2D eigenvalue weighted by atomic mass is 16.5. The van der Waals surface area contributed by atoms with Crippen LogP contribution in [0.3, 0.4) is 0 Å². The molecule has 2 N–H and O–H groups in total. The zero-order valence-electron chi connectivity index (χ0n) is 18.9. The minimum atomic E-state index is -0.193. The molecule has 0 saturated carbocycles. The average molecular weight is 457 g/mol. The molecule has 0 bridgehead atoms. The van der Waals surface area contributed by atoms with E-state index in [1.807, 2.05) is 71.6 Å². The Bertz CT molecular complexity index is 1120. The number of carbonyl (C=O) groups excluding carboxylic acids is 2.